The van der Waals surface area contributed by atoms with Gasteiger partial charge in [0.15, 0.2) is 5.82 Å². The van der Waals surface area contributed by atoms with Gasteiger partial charge < -0.3 is 4.52 Å². The molecule has 0 saturated carbocycles. The maximum Gasteiger partial charge on any atom is 0.227 e. The molecule has 1 heterocycles. The van der Waals surface area contributed by atoms with Crippen LogP contribution in [0.15, 0.2) is 4.52 Å². The standard InChI is InChI=1S/C6H9ClN2OS/c1-11-4-5-8-6(2-3-7)10-9-5/h2-4H2,1H3. The van der Waals surface area contributed by atoms with E-state index in [-0.39, 0.29) is 0 Å². The molecule has 11 heavy (non-hydrogen) atoms. The molecule has 1 aromatic rings. The van der Waals surface area contributed by atoms with E-state index >= 15 is 0 Å². The van der Waals surface area contributed by atoms with Gasteiger partial charge in [-0.1, -0.05) is 5.16 Å². The summed E-state index contributed by atoms with van der Waals surface area (Å²) in [4.78, 5) is 4.11. The number of hydrogen-bond donors (Lipinski definition) is 0. The van der Waals surface area contributed by atoms with Crippen molar-refractivity contribution < 1.29 is 4.52 Å². The van der Waals surface area contributed by atoms with Gasteiger partial charge in [0.25, 0.3) is 0 Å². The Morgan fingerprint density at radius 2 is 2.45 bits per heavy atom. The molecular formula is C6H9ClN2OS. The highest BCUT2D eigenvalue weighted by atomic mass is 35.5. The minimum Gasteiger partial charge on any atom is -0.339 e. The lowest BCUT2D eigenvalue weighted by atomic mass is 10.5. The molecule has 0 bridgehead atoms. The first kappa shape index (κ1) is 8.87. The van der Waals surface area contributed by atoms with Crippen LogP contribution in [-0.2, 0) is 12.2 Å². The van der Waals surface area contributed by atoms with Crippen molar-refractivity contribution in [2.75, 3.05) is 12.1 Å². The van der Waals surface area contributed by atoms with Crippen LogP contribution in [0.5, 0.6) is 0 Å². The molecule has 0 aliphatic heterocycles. The third-order valence-corrected chi connectivity index (χ3v) is 1.83. The van der Waals surface area contributed by atoms with Gasteiger partial charge in [-0.15, -0.1) is 11.6 Å². The van der Waals surface area contributed by atoms with Gasteiger partial charge in [0.2, 0.25) is 5.89 Å². The van der Waals surface area contributed by atoms with Crippen molar-refractivity contribution in [1.82, 2.24) is 10.1 Å². The number of halogens is 1. The van der Waals surface area contributed by atoms with Crippen LogP contribution in [0, 0.1) is 0 Å². The van der Waals surface area contributed by atoms with E-state index in [0.29, 0.717) is 18.2 Å². The number of nitrogens with zero attached hydrogens (tertiary/aromatic N) is 2. The van der Waals surface area contributed by atoms with Crippen molar-refractivity contribution in [2.45, 2.75) is 12.2 Å². The lowest BCUT2D eigenvalue weighted by molar-refractivity contribution is 0.378. The van der Waals surface area contributed by atoms with Crippen LogP contribution < -0.4 is 0 Å². The van der Waals surface area contributed by atoms with Crippen LogP contribution in [-0.4, -0.2) is 22.3 Å². The molecule has 1 aromatic heterocycles. The van der Waals surface area contributed by atoms with Crippen molar-refractivity contribution in [1.29, 1.82) is 0 Å². The van der Waals surface area contributed by atoms with E-state index in [9.17, 15) is 0 Å². The van der Waals surface area contributed by atoms with Crippen LogP contribution in [0.1, 0.15) is 11.7 Å². The van der Waals surface area contributed by atoms with Crippen LogP contribution >= 0.6 is 23.4 Å². The number of rotatable bonds is 4. The fourth-order valence-electron chi connectivity index (χ4n) is 0.660. The van der Waals surface area contributed by atoms with Crippen molar-refractivity contribution in [3.63, 3.8) is 0 Å². The summed E-state index contributed by atoms with van der Waals surface area (Å²) in [6, 6.07) is 0. The smallest absolute Gasteiger partial charge is 0.227 e. The molecule has 0 aromatic carbocycles. The Balaban J connectivity index is 2.51. The van der Waals surface area contributed by atoms with Gasteiger partial charge in [0.05, 0.1) is 5.75 Å². The highest BCUT2D eigenvalue weighted by Crippen LogP contribution is 2.05. The summed E-state index contributed by atoms with van der Waals surface area (Å²) < 4.78 is 4.90. The summed E-state index contributed by atoms with van der Waals surface area (Å²) >= 11 is 7.16. The monoisotopic (exact) mass is 192 g/mol. The second-order valence-corrected chi connectivity index (χ2v) is 3.22. The van der Waals surface area contributed by atoms with Crippen LogP contribution in [0.4, 0.5) is 0 Å². The largest absolute Gasteiger partial charge is 0.339 e. The molecule has 0 spiro atoms. The number of hydrogen-bond acceptors (Lipinski definition) is 4. The van der Waals surface area contributed by atoms with Crippen molar-refractivity contribution in [2.24, 2.45) is 0 Å². The topological polar surface area (TPSA) is 38.9 Å². The summed E-state index contributed by atoms with van der Waals surface area (Å²) in [6.07, 6.45) is 2.65. The molecule has 0 atom stereocenters. The molecule has 62 valence electrons. The molecule has 0 amide bonds. The molecular weight excluding hydrogens is 184 g/mol. The molecule has 0 fully saturated rings. The summed E-state index contributed by atoms with van der Waals surface area (Å²) in [7, 11) is 0. The Kier molecular flexibility index (Phi) is 3.72. The van der Waals surface area contributed by atoms with Gasteiger partial charge >= 0.3 is 0 Å². The predicted octanol–water partition coefficient (Wildman–Crippen LogP) is 1.71. The second kappa shape index (κ2) is 4.62. The zero-order valence-corrected chi connectivity index (χ0v) is 7.78. The van der Waals surface area contributed by atoms with Crippen LogP contribution in [0.2, 0.25) is 0 Å². The number of aryl methyl sites for hydroxylation is 1. The highest BCUT2D eigenvalue weighted by molar-refractivity contribution is 7.97. The fraction of sp³-hybridized carbons (Fsp3) is 0.667. The first-order valence-corrected chi connectivity index (χ1v) is 5.16. The first-order chi connectivity index (χ1) is 5.36. The number of alkyl halides is 1. The van der Waals surface area contributed by atoms with E-state index in [4.69, 9.17) is 16.1 Å². The van der Waals surface area contributed by atoms with Gasteiger partial charge in [-0.25, -0.2) is 0 Å². The zero-order chi connectivity index (χ0) is 8.10. The minimum absolute atomic E-state index is 0.529. The van der Waals surface area contributed by atoms with E-state index in [1.165, 1.54) is 0 Å². The van der Waals surface area contributed by atoms with Crippen molar-refractivity contribution in [3.8, 4) is 0 Å². The van der Waals surface area contributed by atoms with Gasteiger partial charge in [-0.3, -0.25) is 0 Å². The van der Waals surface area contributed by atoms with Crippen molar-refractivity contribution in [3.05, 3.63) is 11.7 Å². The van der Waals surface area contributed by atoms with Gasteiger partial charge in [-0.05, 0) is 6.26 Å². The van der Waals surface area contributed by atoms with Crippen molar-refractivity contribution >= 4 is 23.4 Å². The molecule has 0 saturated heterocycles. The van der Waals surface area contributed by atoms with E-state index in [2.05, 4.69) is 10.1 Å². The molecule has 0 aliphatic carbocycles. The molecule has 0 radical (unpaired) electrons. The molecule has 0 unspecified atom stereocenters. The molecule has 5 heteroatoms. The van der Waals surface area contributed by atoms with E-state index in [0.717, 1.165) is 11.6 Å². The van der Waals surface area contributed by atoms with Crippen LogP contribution in [0.25, 0.3) is 0 Å². The van der Waals surface area contributed by atoms with Gasteiger partial charge in [0.1, 0.15) is 0 Å². The summed E-state index contributed by atoms with van der Waals surface area (Å²) in [5.74, 6) is 2.70. The Bertz CT molecular complexity index is 196. The molecule has 0 aliphatic rings. The second-order valence-electron chi connectivity index (χ2n) is 1.98. The predicted molar refractivity (Wildman–Crippen MR) is 45.9 cm³/mol. The normalized spacial score (nSPS) is 10.4. The van der Waals surface area contributed by atoms with Gasteiger partial charge in [0, 0.05) is 12.3 Å². The zero-order valence-electron chi connectivity index (χ0n) is 6.21. The van der Waals surface area contributed by atoms with Crippen LogP contribution in [0.3, 0.4) is 0 Å². The highest BCUT2D eigenvalue weighted by Gasteiger charge is 2.03. The fourth-order valence-corrected chi connectivity index (χ4v) is 1.20. The average molecular weight is 193 g/mol. The quantitative estimate of drug-likeness (QED) is 0.681. The number of thioether (sulfide) groups is 1. The van der Waals surface area contributed by atoms with E-state index in [1.807, 2.05) is 6.26 Å². The Morgan fingerprint density at radius 3 is 3.09 bits per heavy atom. The lowest BCUT2D eigenvalue weighted by Gasteiger charge is -1.84. The third-order valence-electron chi connectivity index (χ3n) is 1.09. The van der Waals surface area contributed by atoms with E-state index < -0.39 is 0 Å². The van der Waals surface area contributed by atoms with Gasteiger partial charge in [-0.2, -0.15) is 16.7 Å². The Labute approximate surface area is 74.5 Å². The van der Waals surface area contributed by atoms with E-state index in [1.54, 1.807) is 11.8 Å². The maximum absolute atomic E-state index is 5.49. The molecule has 1 rings (SSSR count). The minimum atomic E-state index is 0.529. The average Bonchev–Trinajstić information content (AvgIpc) is 2.38. The third kappa shape index (κ3) is 2.71. The maximum atomic E-state index is 5.49. The summed E-state index contributed by atoms with van der Waals surface area (Å²) in [5, 5.41) is 3.76. The Hall–Kier alpha value is -0.220. The SMILES string of the molecule is CSCc1noc(CCCl)n1. The first-order valence-electron chi connectivity index (χ1n) is 3.23. The number of aromatic nitrogens is 2. The summed E-state index contributed by atoms with van der Waals surface area (Å²) in [6.45, 7) is 0. The lowest BCUT2D eigenvalue weighted by Crippen LogP contribution is -1.87. The molecule has 0 N–H and O–H groups in total. The summed E-state index contributed by atoms with van der Waals surface area (Å²) in [5.41, 5.74) is 0. The Morgan fingerprint density at radius 1 is 1.64 bits per heavy atom. The molecule has 3 nitrogen and oxygen atoms in total.